The van der Waals surface area contributed by atoms with E-state index in [1.807, 2.05) is 11.6 Å². The third kappa shape index (κ3) is 2.26. The minimum atomic E-state index is -0.418. The maximum absolute atomic E-state index is 10.7. The molecule has 0 unspecified atom stereocenters. The third-order valence-corrected chi connectivity index (χ3v) is 4.55. The van der Waals surface area contributed by atoms with E-state index in [0.29, 0.717) is 5.15 Å². The number of hydrogen-bond acceptors (Lipinski definition) is 4. The van der Waals surface area contributed by atoms with Crippen molar-refractivity contribution in [2.75, 3.05) is 0 Å². The number of nitro benzene ring substituents is 1. The summed E-state index contributed by atoms with van der Waals surface area (Å²) in [4.78, 5) is 18.6. The molecular weight excluding hydrogens is 407 g/mol. The van der Waals surface area contributed by atoms with E-state index in [9.17, 15) is 10.1 Å². The first-order valence-corrected chi connectivity index (χ1v) is 7.35. The maximum atomic E-state index is 10.7. The monoisotopic (exact) mass is 414 g/mol. The van der Waals surface area contributed by atoms with Crippen LogP contribution in [0.5, 0.6) is 0 Å². The van der Waals surface area contributed by atoms with Crippen LogP contribution in [0.4, 0.5) is 5.69 Å². The van der Waals surface area contributed by atoms with E-state index in [4.69, 9.17) is 11.6 Å². The highest BCUT2D eigenvalue weighted by Crippen LogP contribution is 2.36. The molecule has 0 N–H and O–H groups in total. The summed E-state index contributed by atoms with van der Waals surface area (Å²) in [6, 6.07) is 6.40. The fourth-order valence-corrected chi connectivity index (χ4v) is 3.78. The van der Waals surface area contributed by atoms with Gasteiger partial charge in [-0.2, -0.15) is 0 Å². The van der Waals surface area contributed by atoms with E-state index in [1.165, 1.54) is 18.5 Å². The molecule has 8 heteroatoms. The molecule has 6 nitrogen and oxygen atoms in total. The molecule has 0 bridgehead atoms. The second-order valence-electron chi connectivity index (χ2n) is 4.39. The predicted molar refractivity (Wildman–Crippen MR) is 88.3 cm³/mol. The molecule has 21 heavy (non-hydrogen) atoms. The quantitative estimate of drug-likeness (QED) is 0.277. The van der Waals surface area contributed by atoms with Crippen LogP contribution in [0.1, 0.15) is 0 Å². The predicted octanol–water partition coefficient (Wildman–Crippen LogP) is 3.80. The third-order valence-electron chi connectivity index (χ3n) is 3.21. The Hall–Kier alpha value is -1.74. The van der Waals surface area contributed by atoms with Gasteiger partial charge in [0, 0.05) is 19.2 Å². The molecule has 106 valence electrons. The molecule has 1 aromatic carbocycles. The van der Waals surface area contributed by atoms with Gasteiger partial charge in [-0.1, -0.05) is 11.6 Å². The number of non-ortho nitro benzene ring substituents is 1. The van der Waals surface area contributed by atoms with E-state index in [1.54, 1.807) is 12.1 Å². The van der Waals surface area contributed by atoms with Crippen molar-refractivity contribution in [1.29, 1.82) is 0 Å². The largest absolute Gasteiger partial charge is 0.327 e. The van der Waals surface area contributed by atoms with Crippen LogP contribution < -0.4 is 0 Å². The van der Waals surface area contributed by atoms with Gasteiger partial charge in [0.15, 0.2) is 0 Å². The van der Waals surface area contributed by atoms with Crippen molar-refractivity contribution < 1.29 is 4.92 Å². The molecule has 0 aliphatic carbocycles. The van der Waals surface area contributed by atoms with Gasteiger partial charge in [0.25, 0.3) is 5.69 Å². The van der Waals surface area contributed by atoms with Gasteiger partial charge in [-0.05, 0) is 40.3 Å². The van der Waals surface area contributed by atoms with Crippen molar-refractivity contribution in [3.05, 3.63) is 49.4 Å². The Bertz CT molecular complexity index is 861. The minimum Gasteiger partial charge on any atom is -0.327 e. The summed E-state index contributed by atoms with van der Waals surface area (Å²) in [5.74, 6) is 0. The Kier molecular flexibility index (Phi) is 3.54. The lowest BCUT2D eigenvalue weighted by molar-refractivity contribution is -0.384. The zero-order valence-corrected chi connectivity index (χ0v) is 13.7. The molecule has 2 aromatic heterocycles. The Balaban J connectivity index is 2.25. The van der Waals surface area contributed by atoms with Gasteiger partial charge in [-0.3, -0.25) is 10.1 Å². The summed E-state index contributed by atoms with van der Waals surface area (Å²) in [5, 5.41) is 11.9. The SMILES string of the molecule is Cn1c(-c2ccc([N+](=O)[O-])cc2)c(I)c2c(Cl)ncnc21. The normalized spacial score (nSPS) is 11.0. The topological polar surface area (TPSA) is 73.8 Å². The molecule has 0 atom stereocenters. The van der Waals surface area contributed by atoms with Crippen molar-refractivity contribution in [3.8, 4) is 11.3 Å². The summed E-state index contributed by atoms with van der Waals surface area (Å²) in [6.45, 7) is 0. The maximum Gasteiger partial charge on any atom is 0.269 e. The molecule has 0 amide bonds. The molecule has 0 radical (unpaired) electrons. The van der Waals surface area contributed by atoms with Crippen LogP contribution in [-0.2, 0) is 7.05 Å². The number of nitro groups is 1. The van der Waals surface area contributed by atoms with Gasteiger partial charge in [-0.25, -0.2) is 9.97 Å². The van der Waals surface area contributed by atoms with Crippen molar-refractivity contribution in [2.45, 2.75) is 0 Å². The number of aryl methyl sites for hydroxylation is 1. The number of rotatable bonds is 2. The number of nitrogens with zero attached hydrogens (tertiary/aromatic N) is 4. The van der Waals surface area contributed by atoms with E-state index in [-0.39, 0.29) is 5.69 Å². The average Bonchev–Trinajstić information content (AvgIpc) is 2.72. The smallest absolute Gasteiger partial charge is 0.269 e. The van der Waals surface area contributed by atoms with Crippen molar-refractivity contribution in [1.82, 2.24) is 14.5 Å². The molecule has 3 rings (SSSR count). The zero-order chi connectivity index (χ0) is 15.1. The van der Waals surface area contributed by atoms with Crippen molar-refractivity contribution in [2.24, 2.45) is 7.05 Å². The van der Waals surface area contributed by atoms with Gasteiger partial charge in [0.2, 0.25) is 0 Å². The van der Waals surface area contributed by atoms with E-state index >= 15 is 0 Å². The molecule has 0 fully saturated rings. The van der Waals surface area contributed by atoms with Crippen LogP contribution in [0.2, 0.25) is 5.15 Å². The lowest BCUT2D eigenvalue weighted by atomic mass is 10.1. The number of hydrogen-bond donors (Lipinski definition) is 0. The van der Waals surface area contributed by atoms with Crippen LogP contribution in [-0.4, -0.2) is 19.5 Å². The average molecular weight is 415 g/mol. The van der Waals surface area contributed by atoms with Crippen LogP contribution >= 0.6 is 34.2 Å². The Morgan fingerprint density at radius 2 is 1.95 bits per heavy atom. The zero-order valence-electron chi connectivity index (χ0n) is 10.7. The fraction of sp³-hybridized carbons (Fsp3) is 0.0769. The molecule has 0 saturated heterocycles. The fourth-order valence-electron chi connectivity index (χ4n) is 2.23. The number of benzene rings is 1. The lowest BCUT2D eigenvalue weighted by Gasteiger charge is -2.04. The Labute approximate surface area is 138 Å². The molecular formula is C13H8ClIN4O2. The Morgan fingerprint density at radius 1 is 1.29 bits per heavy atom. The molecule has 0 saturated carbocycles. The molecule has 0 aliphatic heterocycles. The standard InChI is InChI=1S/C13H8ClIN4O2/c1-18-11(7-2-4-8(5-3-7)19(20)21)10(15)9-12(14)16-6-17-13(9)18/h2-6H,1H3. The highest BCUT2D eigenvalue weighted by atomic mass is 127. The van der Waals surface area contributed by atoms with Crippen molar-refractivity contribution in [3.63, 3.8) is 0 Å². The first kappa shape index (κ1) is 14.2. The summed E-state index contributed by atoms with van der Waals surface area (Å²) in [5.41, 5.74) is 2.56. The second kappa shape index (κ2) is 5.23. The van der Waals surface area contributed by atoms with Gasteiger partial charge < -0.3 is 4.57 Å². The van der Waals surface area contributed by atoms with Gasteiger partial charge >= 0.3 is 0 Å². The second-order valence-corrected chi connectivity index (χ2v) is 5.83. The minimum absolute atomic E-state index is 0.0605. The van der Waals surface area contributed by atoms with Crippen molar-refractivity contribution >= 4 is 50.9 Å². The van der Waals surface area contributed by atoms with Crippen LogP contribution in [0.3, 0.4) is 0 Å². The number of aromatic nitrogens is 3. The Morgan fingerprint density at radius 3 is 2.52 bits per heavy atom. The summed E-state index contributed by atoms with van der Waals surface area (Å²) >= 11 is 8.33. The summed E-state index contributed by atoms with van der Waals surface area (Å²) in [6.07, 6.45) is 1.42. The van der Waals surface area contributed by atoms with Gasteiger partial charge in [0.05, 0.1) is 19.6 Å². The lowest BCUT2D eigenvalue weighted by Crippen LogP contribution is -1.94. The molecule has 0 spiro atoms. The van der Waals surface area contributed by atoms with Gasteiger partial charge in [-0.15, -0.1) is 0 Å². The molecule has 0 aliphatic rings. The summed E-state index contributed by atoms with van der Waals surface area (Å²) < 4.78 is 2.83. The van der Waals surface area contributed by atoms with Crippen LogP contribution in [0, 0.1) is 13.7 Å². The van der Waals surface area contributed by atoms with Crippen LogP contribution in [0.15, 0.2) is 30.6 Å². The first-order chi connectivity index (χ1) is 10.0. The van der Waals surface area contributed by atoms with Crippen LogP contribution in [0.25, 0.3) is 22.3 Å². The van der Waals surface area contributed by atoms with E-state index in [0.717, 1.165) is 25.9 Å². The molecule has 3 aromatic rings. The summed E-state index contributed by atoms with van der Waals surface area (Å²) in [7, 11) is 1.88. The van der Waals surface area contributed by atoms with E-state index in [2.05, 4.69) is 32.6 Å². The first-order valence-electron chi connectivity index (χ1n) is 5.90. The van der Waals surface area contributed by atoms with Gasteiger partial charge in [0.1, 0.15) is 17.1 Å². The number of fused-ring (bicyclic) bond motifs is 1. The highest BCUT2D eigenvalue weighted by molar-refractivity contribution is 14.1. The molecule has 2 heterocycles. The van der Waals surface area contributed by atoms with E-state index < -0.39 is 4.92 Å². The highest BCUT2D eigenvalue weighted by Gasteiger charge is 2.19. The number of halogens is 2.